The van der Waals surface area contributed by atoms with E-state index in [1.807, 2.05) is 12.4 Å². The second-order valence-corrected chi connectivity index (χ2v) is 6.51. The summed E-state index contributed by atoms with van der Waals surface area (Å²) in [6.07, 6.45) is 4.73. The van der Waals surface area contributed by atoms with Crippen molar-refractivity contribution < 1.29 is 0 Å². The molecule has 21 heavy (non-hydrogen) atoms. The number of pyridine rings is 1. The van der Waals surface area contributed by atoms with Crippen molar-refractivity contribution in [3.8, 4) is 0 Å². The first kappa shape index (κ1) is 15.7. The van der Waals surface area contributed by atoms with Gasteiger partial charge in [-0.2, -0.15) is 0 Å². The molecule has 0 spiro atoms. The molecule has 0 saturated heterocycles. The summed E-state index contributed by atoms with van der Waals surface area (Å²) in [6.45, 7) is 9.97. The van der Waals surface area contributed by atoms with E-state index in [9.17, 15) is 0 Å². The third kappa shape index (κ3) is 4.15. The zero-order valence-corrected chi connectivity index (χ0v) is 13.6. The average molecular weight is 282 g/mol. The fraction of sp³-hybridized carbons (Fsp3) is 0.421. The first-order valence-electron chi connectivity index (χ1n) is 7.74. The molecule has 0 fully saturated rings. The summed E-state index contributed by atoms with van der Waals surface area (Å²) < 4.78 is 0. The Kier molecular flexibility index (Phi) is 5.13. The summed E-state index contributed by atoms with van der Waals surface area (Å²) in [7, 11) is 0. The van der Waals surface area contributed by atoms with Crippen LogP contribution in [-0.4, -0.2) is 11.5 Å². The minimum Gasteiger partial charge on any atom is -0.310 e. The Hall–Kier alpha value is -1.67. The number of likely N-dealkylation sites (N-methyl/N-ethyl adjacent to an activating group) is 1. The van der Waals surface area contributed by atoms with E-state index >= 15 is 0 Å². The number of nitrogens with zero attached hydrogens (tertiary/aromatic N) is 1. The number of hydrogen-bond acceptors (Lipinski definition) is 2. The van der Waals surface area contributed by atoms with E-state index in [1.165, 1.54) is 16.7 Å². The van der Waals surface area contributed by atoms with Gasteiger partial charge in [-0.1, -0.05) is 52.0 Å². The molecule has 0 saturated carbocycles. The minimum atomic E-state index is 0.155. The third-order valence-corrected chi connectivity index (χ3v) is 3.78. The van der Waals surface area contributed by atoms with Crippen LogP contribution >= 0.6 is 0 Å². The second kappa shape index (κ2) is 6.86. The zero-order chi connectivity index (χ0) is 15.3. The van der Waals surface area contributed by atoms with Crippen LogP contribution < -0.4 is 5.32 Å². The molecule has 112 valence electrons. The van der Waals surface area contributed by atoms with Gasteiger partial charge < -0.3 is 5.32 Å². The number of hydrogen-bond donors (Lipinski definition) is 1. The largest absolute Gasteiger partial charge is 0.310 e. The van der Waals surface area contributed by atoms with Crippen LogP contribution in [0.2, 0.25) is 0 Å². The lowest BCUT2D eigenvalue weighted by atomic mass is 9.81. The summed E-state index contributed by atoms with van der Waals surface area (Å²) in [5.74, 6) is 0. The Morgan fingerprint density at radius 3 is 2.33 bits per heavy atom. The molecule has 0 radical (unpaired) electrons. The predicted molar refractivity (Wildman–Crippen MR) is 89.5 cm³/mol. The summed E-state index contributed by atoms with van der Waals surface area (Å²) in [6, 6.07) is 13.3. The zero-order valence-electron chi connectivity index (χ0n) is 13.6. The Balaban J connectivity index is 2.35. The number of benzene rings is 1. The molecule has 2 nitrogen and oxygen atoms in total. The molecule has 1 atom stereocenters. The molecule has 2 aromatic rings. The van der Waals surface area contributed by atoms with Gasteiger partial charge in [0.15, 0.2) is 0 Å². The van der Waals surface area contributed by atoms with Crippen LogP contribution in [0.4, 0.5) is 0 Å². The highest BCUT2D eigenvalue weighted by Gasteiger charge is 2.22. The maximum atomic E-state index is 4.11. The summed E-state index contributed by atoms with van der Waals surface area (Å²) in [5, 5.41) is 3.64. The Labute approximate surface area is 128 Å². The van der Waals surface area contributed by atoms with Crippen molar-refractivity contribution in [1.29, 1.82) is 0 Å². The average Bonchev–Trinajstić information content (AvgIpc) is 2.47. The molecule has 1 heterocycles. The van der Waals surface area contributed by atoms with Crippen molar-refractivity contribution >= 4 is 0 Å². The normalized spacial score (nSPS) is 13.1. The van der Waals surface area contributed by atoms with E-state index in [4.69, 9.17) is 0 Å². The molecular formula is C19H26N2. The van der Waals surface area contributed by atoms with Gasteiger partial charge in [0.1, 0.15) is 0 Å². The van der Waals surface area contributed by atoms with Gasteiger partial charge in [-0.05, 0) is 47.2 Å². The van der Waals surface area contributed by atoms with E-state index in [1.54, 1.807) is 0 Å². The topological polar surface area (TPSA) is 24.9 Å². The molecular weight excluding hydrogens is 256 g/mol. The second-order valence-electron chi connectivity index (χ2n) is 6.51. The molecule has 0 aliphatic heterocycles. The van der Waals surface area contributed by atoms with Gasteiger partial charge in [-0.3, -0.25) is 4.98 Å². The molecule has 1 aromatic carbocycles. The monoisotopic (exact) mass is 282 g/mol. The van der Waals surface area contributed by atoms with Crippen LogP contribution in [0.1, 0.15) is 50.4 Å². The quantitative estimate of drug-likeness (QED) is 0.885. The van der Waals surface area contributed by atoms with Gasteiger partial charge in [0.05, 0.1) is 0 Å². The molecule has 1 N–H and O–H groups in total. The highest BCUT2D eigenvalue weighted by atomic mass is 14.9. The number of aromatic nitrogens is 1. The minimum absolute atomic E-state index is 0.155. The van der Waals surface area contributed by atoms with E-state index < -0.39 is 0 Å². The summed E-state index contributed by atoms with van der Waals surface area (Å²) >= 11 is 0. The molecule has 2 rings (SSSR count). The molecule has 0 bridgehead atoms. The van der Waals surface area contributed by atoms with Gasteiger partial charge in [0.25, 0.3) is 0 Å². The first-order chi connectivity index (χ1) is 10.0. The SMILES string of the molecule is CCNC(Cc1ccncc1)c1ccccc1C(C)(C)C. The lowest BCUT2D eigenvalue weighted by Gasteiger charge is -2.28. The van der Waals surface area contributed by atoms with Gasteiger partial charge in [0, 0.05) is 18.4 Å². The molecule has 1 aromatic heterocycles. The molecule has 2 heteroatoms. The summed E-state index contributed by atoms with van der Waals surface area (Å²) in [4.78, 5) is 4.11. The van der Waals surface area contributed by atoms with Crippen molar-refractivity contribution in [3.63, 3.8) is 0 Å². The van der Waals surface area contributed by atoms with Crippen molar-refractivity contribution in [2.45, 2.75) is 45.6 Å². The fourth-order valence-corrected chi connectivity index (χ4v) is 2.78. The Bertz CT molecular complexity index is 555. The van der Waals surface area contributed by atoms with Crippen LogP contribution in [0.5, 0.6) is 0 Å². The van der Waals surface area contributed by atoms with E-state index in [0.717, 1.165) is 13.0 Å². The predicted octanol–water partition coefficient (Wildman–Crippen LogP) is 4.27. The number of rotatable bonds is 5. The van der Waals surface area contributed by atoms with Gasteiger partial charge in [0.2, 0.25) is 0 Å². The summed E-state index contributed by atoms with van der Waals surface area (Å²) in [5.41, 5.74) is 4.30. The lowest BCUT2D eigenvalue weighted by Crippen LogP contribution is -2.26. The molecule has 0 amide bonds. The van der Waals surface area contributed by atoms with E-state index in [2.05, 4.69) is 74.4 Å². The molecule has 1 unspecified atom stereocenters. The Morgan fingerprint density at radius 1 is 1.05 bits per heavy atom. The standard InChI is InChI=1S/C19H26N2/c1-5-21-18(14-15-10-12-20-13-11-15)16-8-6-7-9-17(16)19(2,3)4/h6-13,18,21H,5,14H2,1-4H3. The van der Waals surface area contributed by atoms with Crippen molar-refractivity contribution in [1.82, 2.24) is 10.3 Å². The Morgan fingerprint density at radius 2 is 1.71 bits per heavy atom. The smallest absolute Gasteiger partial charge is 0.0363 e. The number of nitrogens with one attached hydrogen (secondary N) is 1. The van der Waals surface area contributed by atoms with E-state index in [0.29, 0.717) is 6.04 Å². The van der Waals surface area contributed by atoms with Gasteiger partial charge in [-0.15, -0.1) is 0 Å². The van der Waals surface area contributed by atoms with Crippen molar-refractivity contribution in [2.75, 3.05) is 6.54 Å². The lowest BCUT2D eigenvalue weighted by molar-refractivity contribution is 0.517. The fourth-order valence-electron chi connectivity index (χ4n) is 2.78. The molecule has 0 aliphatic carbocycles. The van der Waals surface area contributed by atoms with Crippen LogP contribution in [0, 0.1) is 0 Å². The van der Waals surface area contributed by atoms with E-state index in [-0.39, 0.29) is 5.41 Å². The van der Waals surface area contributed by atoms with Gasteiger partial charge >= 0.3 is 0 Å². The van der Waals surface area contributed by atoms with Gasteiger partial charge in [-0.25, -0.2) is 0 Å². The maximum absolute atomic E-state index is 4.11. The maximum Gasteiger partial charge on any atom is 0.0363 e. The third-order valence-electron chi connectivity index (χ3n) is 3.78. The molecule has 0 aliphatic rings. The van der Waals surface area contributed by atoms with Crippen LogP contribution in [0.3, 0.4) is 0 Å². The van der Waals surface area contributed by atoms with Crippen molar-refractivity contribution in [3.05, 3.63) is 65.5 Å². The highest BCUT2D eigenvalue weighted by Crippen LogP contribution is 2.31. The van der Waals surface area contributed by atoms with Crippen LogP contribution in [-0.2, 0) is 11.8 Å². The first-order valence-corrected chi connectivity index (χ1v) is 7.74. The van der Waals surface area contributed by atoms with Crippen LogP contribution in [0.15, 0.2) is 48.8 Å². The van der Waals surface area contributed by atoms with Crippen molar-refractivity contribution in [2.24, 2.45) is 0 Å². The van der Waals surface area contributed by atoms with Crippen LogP contribution in [0.25, 0.3) is 0 Å². The highest BCUT2D eigenvalue weighted by molar-refractivity contribution is 5.36.